The minimum absolute atomic E-state index is 0.0208. The highest BCUT2D eigenvalue weighted by Crippen LogP contribution is 2.21. The fourth-order valence-electron chi connectivity index (χ4n) is 2.59. The molecule has 2 aliphatic rings. The molecule has 8 heteroatoms. The van der Waals surface area contributed by atoms with Gasteiger partial charge in [0.25, 0.3) is 0 Å². The van der Waals surface area contributed by atoms with E-state index in [1.807, 2.05) is 0 Å². The zero-order valence-corrected chi connectivity index (χ0v) is 11.8. The topological polar surface area (TPSA) is 86.8 Å². The molecule has 1 atom stereocenters. The molecule has 2 heterocycles. The van der Waals surface area contributed by atoms with Crippen LogP contribution >= 0.6 is 0 Å². The molecule has 0 saturated carbocycles. The minimum Gasteiger partial charge on any atom is -0.353 e. The third-order valence-electron chi connectivity index (χ3n) is 3.51. The molecule has 2 amide bonds. The van der Waals surface area contributed by atoms with Crippen molar-refractivity contribution in [2.75, 3.05) is 32.4 Å². The molecule has 1 unspecified atom stereocenters. The zero-order chi connectivity index (χ0) is 14.0. The van der Waals surface area contributed by atoms with E-state index in [1.54, 1.807) is 0 Å². The maximum absolute atomic E-state index is 12.4. The lowest BCUT2D eigenvalue weighted by atomic mass is 10.0. The Bertz CT molecular complexity index is 476. The number of nitrogens with zero attached hydrogens (tertiary/aromatic N) is 2. The highest BCUT2D eigenvalue weighted by atomic mass is 32.2. The number of carbonyl (C=O) groups is 2. The fourth-order valence-corrected chi connectivity index (χ4v) is 3.70. The first-order chi connectivity index (χ1) is 8.89. The van der Waals surface area contributed by atoms with Gasteiger partial charge in [0.15, 0.2) is 0 Å². The Kier molecular flexibility index (Phi) is 4.10. The van der Waals surface area contributed by atoms with Gasteiger partial charge in [-0.1, -0.05) is 6.42 Å². The zero-order valence-electron chi connectivity index (χ0n) is 11.0. The number of piperidine rings is 1. The van der Waals surface area contributed by atoms with Crippen LogP contribution in [0.2, 0.25) is 0 Å². The lowest BCUT2D eigenvalue weighted by Gasteiger charge is -2.37. The molecule has 0 aromatic rings. The molecule has 0 aromatic carbocycles. The second kappa shape index (κ2) is 5.46. The van der Waals surface area contributed by atoms with Crippen LogP contribution in [0.5, 0.6) is 0 Å². The first-order valence-electron chi connectivity index (χ1n) is 6.42. The summed E-state index contributed by atoms with van der Waals surface area (Å²) in [6.45, 7) is 1.27. The molecule has 108 valence electrons. The van der Waals surface area contributed by atoms with Gasteiger partial charge in [0.1, 0.15) is 6.04 Å². The van der Waals surface area contributed by atoms with Crippen LogP contribution in [-0.2, 0) is 19.6 Å². The van der Waals surface area contributed by atoms with Crippen molar-refractivity contribution >= 4 is 21.8 Å². The molecular weight excluding hydrogens is 270 g/mol. The molecule has 2 aliphatic heterocycles. The summed E-state index contributed by atoms with van der Waals surface area (Å²) in [7, 11) is -3.39. The van der Waals surface area contributed by atoms with E-state index in [-0.39, 0.29) is 18.4 Å². The predicted octanol–water partition coefficient (Wildman–Crippen LogP) is -1.24. The Morgan fingerprint density at radius 1 is 1.32 bits per heavy atom. The Balaban J connectivity index is 2.13. The van der Waals surface area contributed by atoms with Gasteiger partial charge in [-0.25, -0.2) is 8.42 Å². The van der Waals surface area contributed by atoms with E-state index >= 15 is 0 Å². The highest BCUT2D eigenvalue weighted by molar-refractivity contribution is 7.88. The number of sulfonamides is 1. The second-order valence-electron chi connectivity index (χ2n) is 5.00. The summed E-state index contributed by atoms with van der Waals surface area (Å²) in [5, 5.41) is 2.65. The normalized spacial score (nSPS) is 26.1. The molecule has 2 rings (SSSR count). The number of carbonyl (C=O) groups excluding carboxylic acids is 2. The largest absolute Gasteiger partial charge is 0.353 e. The highest BCUT2D eigenvalue weighted by Gasteiger charge is 2.37. The predicted molar refractivity (Wildman–Crippen MR) is 68.8 cm³/mol. The molecule has 1 N–H and O–H groups in total. The minimum atomic E-state index is -3.39. The van der Waals surface area contributed by atoms with E-state index in [1.165, 1.54) is 9.21 Å². The van der Waals surface area contributed by atoms with Crippen LogP contribution in [0.15, 0.2) is 0 Å². The average molecular weight is 289 g/mol. The third kappa shape index (κ3) is 3.24. The van der Waals surface area contributed by atoms with Crippen molar-refractivity contribution in [1.29, 1.82) is 0 Å². The van der Waals surface area contributed by atoms with Crippen LogP contribution in [0, 0.1) is 0 Å². The second-order valence-corrected chi connectivity index (χ2v) is 6.93. The summed E-state index contributed by atoms with van der Waals surface area (Å²) >= 11 is 0. The molecule has 2 fully saturated rings. The quantitative estimate of drug-likeness (QED) is 0.689. The van der Waals surface area contributed by atoms with Gasteiger partial charge in [-0.05, 0) is 12.8 Å². The maximum atomic E-state index is 12.4. The van der Waals surface area contributed by atoms with E-state index in [4.69, 9.17) is 0 Å². The fraction of sp³-hybridized carbons (Fsp3) is 0.818. The van der Waals surface area contributed by atoms with Crippen molar-refractivity contribution in [2.24, 2.45) is 0 Å². The summed E-state index contributed by atoms with van der Waals surface area (Å²) in [6.07, 6.45) is 3.27. The molecule has 2 saturated heterocycles. The van der Waals surface area contributed by atoms with Crippen LogP contribution in [0.25, 0.3) is 0 Å². The van der Waals surface area contributed by atoms with Gasteiger partial charge >= 0.3 is 0 Å². The first kappa shape index (κ1) is 14.3. The average Bonchev–Trinajstić information content (AvgIpc) is 2.37. The first-order valence-corrected chi connectivity index (χ1v) is 8.27. The van der Waals surface area contributed by atoms with Crippen molar-refractivity contribution in [3.8, 4) is 0 Å². The van der Waals surface area contributed by atoms with Crippen LogP contribution in [-0.4, -0.2) is 67.9 Å². The van der Waals surface area contributed by atoms with Gasteiger partial charge in [0.2, 0.25) is 21.8 Å². The van der Waals surface area contributed by atoms with Gasteiger partial charge in [0.05, 0.1) is 12.8 Å². The number of piperazine rings is 1. The number of rotatable bonds is 2. The number of hydrogen-bond donors (Lipinski definition) is 1. The molecule has 0 radical (unpaired) electrons. The van der Waals surface area contributed by atoms with E-state index in [9.17, 15) is 18.0 Å². The number of amides is 2. The van der Waals surface area contributed by atoms with Crippen LogP contribution in [0.3, 0.4) is 0 Å². The Morgan fingerprint density at radius 2 is 2.05 bits per heavy atom. The molecule has 0 bridgehead atoms. The summed E-state index contributed by atoms with van der Waals surface area (Å²) in [6, 6.07) is -0.644. The van der Waals surface area contributed by atoms with Gasteiger partial charge in [-0.15, -0.1) is 0 Å². The number of hydrogen-bond acceptors (Lipinski definition) is 4. The van der Waals surface area contributed by atoms with Gasteiger partial charge in [-0.2, -0.15) is 4.31 Å². The van der Waals surface area contributed by atoms with Crippen molar-refractivity contribution in [1.82, 2.24) is 14.5 Å². The molecule has 19 heavy (non-hydrogen) atoms. The van der Waals surface area contributed by atoms with E-state index in [2.05, 4.69) is 5.32 Å². The summed E-state index contributed by atoms with van der Waals surface area (Å²) in [5.41, 5.74) is 0. The molecule has 0 aliphatic carbocycles. The standard InChI is InChI=1S/C11H19N3O4S/c1-19(17,18)14-6-3-2-4-9(14)11(16)13-7-5-12-10(15)8-13/h9H,2-8H2,1H3,(H,12,15). The van der Waals surface area contributed by atoms with Crippen LogP contribution < -0.4 is 5.32 Å². The van der Waals surface area contributed by atoms with Crippen LogP contribution in [0.4, 0.5) is 0 Å². The van der Waals surface area contributed by atoms with Crippen LogP contribution in [0.1, 0.15) is 19.3 Å². The summed E-state index contributed by atoms with van der Waals surface area (Å²) in [4.78, 5) is 25.1. The SMILES string of the molecule is CS(=O)(=O)N1CCCCC1C(=O)N1CCNC(=O)C1. The van der Waals surface area contributed by atoms with Crippen molar-refractivity contribution in [2.45, 2.75) is 25.3 Å². The van der Waals surface area contributed by atoms with Gasteiger partial charge in [0, 0.05) is 19.6 Å². The Labute approximate surface area is 113 Å². The number of nitrogens with one attached hydrogen (secondary N) is 1. The van der Waals surface area contributed by atoms with Gasteiger partial charge in [-0.3, -0.25) is 9.59 Å². The smallest absolute Gasteiger partial charge is 0.241 e. The maximum Gasteiger partial charge on any atom is 0.241 e. The Hall–Kier alpha value is -1.15. The van der Waals surface area contributed by atoms with E-state index in [0.29, 0.717) is 26.1 Å². The Morgan fingerprint density at radius 3 is 2.68 bits per heavy atom. The molecular formula is C11H19N3O4S. The third-order valence-corrected chi connectivity index (χ3v) is 4.80. The van der Waals surface area contributed by atoms with Crippen molar-refractivity contribution in [3.63, 3.8) is 0 Å². The van der Waals surface area contributed by atoms with E-state index in [0.717, 1.165) is 19.1 Å². The lowest BCUT2D eigenvalue weighted by Crippen LogP contribution is -2.57. The summed E-state index contributed by atoms with van der Waals surface area (Å²) in [5.74, 6) is -0.443. The van der Waals surface area contributed by atoms with Gasteiger partial charge < -0.3 is 10.2 Å². The molecule has 0 spiro atoms. The van der Waals surface area contributed by atoms with E-state index < -0.39 is 16.1 Å². The molecule has 0 aromatic heterocycles. The van der Waals surface area contributed by atoms with Crippen molar-refractivity contribution in [3.05, 3.63) is 0 Å². The van der Waals surface area contributed by atoms with Crippen molar-refractivity contribution < 1.29 is 18.0 Å². The summed E-state index contributed by atoms with van der Waals surface area (Å²) < 4.78 is 24.7. The lowest BCUT2D eigenvalue weighted by molar-refractivity contribution is -0.141. The monoisotopic (exact) mass is 289 g/mol. The molecule has 7 nitrogen and oxygen atoms in total.